The number of anilines is 1. The number of sulfonamides is 1. The number of carbonyl (C=O) groups is 1. The maximum absolute atomic E-state index is 13.4. The lowest BCUT2D eigenvalue weighted by molar-refractivity contribution is 0.100. The van der Waals surface area contributed by atoms with Crippen LogP contribution < -0.4 is 4.31 Å². The fraction of sp³-hybridized carbons (Fsp3) is 0.136. The molecule has 0 unspecified atom stereocenters. The normalized spacial score (nSPS) is 11.2. The number of nitrogens with zero attached hydrogens (tertiary/aromatic N) is 1. The maximum atomic E-state index is 13.4. The number of hydrogen-bond acceptors (Lipinski definition) is 3. The molecule has 1 amide bonds. The summed E-state index contributed by atoms with van der Waals surface area (Å²) in [4.78, 5) is 13.4. The van der Waals surface area contributed by atoms with E-state index in [1.165, 1.54) is 12.1 Å². The maximum Gasteiger partial charge on any atom is 0.272 e. The van der Waals surface area contributed by atoms with Gasteiger partial charge in [0.25, 0.3) is 15.9 Å². The lowest BCUT2D eigenvalue weighted by Gasteiger charge is -2.23. The molecule has 0 aliphatic carbocycles. The third kappa shape index (κ3) is 3.78. The number of aryl methyl sites for hydroxylation is 3. The molecule has 0 atom stereocenters. The van der Waals surface area contributed by atoms with Crippen molar-refractivity contribution in [1.29, 1.82) is 0 Å². The van der Waals surface area contributed by atoms with Crippen LogP contribution in [0.4, 0.5) is 5.69 Å². The van der Waals surface area contributed by atoms with Crippen molar-refractivity contribution in [3.05, 3.63) is 95.1 Å². The first-order valence-corrected chi connectivity index (χ1v) is 10.0. The number of benzene rings is 3. The molecule has 0 aliphatic heterocycles. The van der Waals surface area contributed by atoms with Crippen LogP contribution in [0.2, 0.25) is 0 Å². The highest BCUT2D eigenvalue weighted by Gasteiger charge is 2.32. The van der Waals surface area contributed by atoms with Crippen LogP contribution in [0, 0.1) is 20.8 Å². The van der Waals surface area contributed by atoms with Crippen molar-refractivity contribution < 1.29 is 13.2 Å². The molecule has 0 bridgehead atoms. The lowest BCUT2D eigenvalue weighted by Crippen LogP contribution is -2.37. The van der Waals surface area contributed by atoms with Gasteiger partial charge in [0.05, 0.1) is 10.6 Å². The van der Waals surface area contributed by atoms with Crippen LogP contribution in [0.15, 0.2) is 77.7 Å². The molecular formula is C22H21NO3S. The van der Waals surface area contributed by atoms with Gasteiger partial charge in [-0.2, -0.15) is 4.31 Å². The zero-order chi connectivity index (χ0) is 19.6. The summed E-state index contributed by atoms with van der Waals surface area (Å²) < 4.78 is 27.6. The lowest BCUT2D eigenvalue weighted by atomic mass is 10.1. The van der Waals surface area contributed by atoms with Gasteiger partial charge in [-0.15, -0.1) is 0 Å². The molecule has 138 valence electrons. The summed E-state index contributed by atoms with van der Waals surface area (Å²) >= 11 is 0. The van der Waals surface area contributed by atoms with Gasteiger partial charge in [-0.25, -0.2) is 8.42 Å². The van der Waals surface area contributed by atoms with Gasteiger partial charge < -0.3 is 0 Å². The summed E-state index contributed by atoms with van der Waals surface area (Å²) in [5.74, 6) is -0.572. The molecule has 0 spiro atoms. The van der Waals surface area contributed by atoms with E-state index in [0.717, 1.165) is 21.0 Å². The number of carbonyl (C=O) groups excluding carboxylic acids is 1. The highest BCUT2D eigenvalue weighted by atomic mass is 32.2. The van der Waals surface area contributed by atoms with Gasteiger partial charge >= 0.3 is 0 Å². The summed E-state index contributed by atoms with van der Waals surface area (Å²) in [5.41, 5.74) is 3.32. The Morgan fingerprint density at radius 3 is 1.81 bits per heavy atom. The number of rotatable bonds is 4. The second kappa shape index (κ2) is 7.37. The fourth-order valence-electron chi connectivity index (χ4n) is 2.78. The first kappa shape index (κ1) is 18.9. The van der Waals surface area contributed by atoms with Crippen LogP contribution in [-0.4, -0.2) is 14.3 Å². The van der Waals surface area contributed by atoms with Gasteiger partial charge in [-0.3, -0.25) is 4.79 Å². The molecule has 0 radical (unpaired) electrons. The average Bonchev–Trinajstić information content (AvgIpc) is 2.64. The Balaban J connectivity index is 2.18. The van der Waals surface area contributed by atoms with Crippen molar-refractivity contribution >= 4 is 21.6 Å². The molecule has 3 aromatic rings. The molecule has 3 aromatic carbocycles. The Kier molecular flexibility index (Phi) is 5.15. The summed E-state index contributed by atoms with van der Waals surface area (Å²) in [6.07, 6.45) is 0. The van der Waals surface area contributed by atoms with Gasteiger partial charge in [-0.1, -0.05) is 53.6 Å². The third-order valence-corrected chi connectivity index (χ3v) is 6.11. The Morgan fingerprint density at radius 1 is 0.741 bits per heavy atom. The molecule has 3 rings (SSSR count). The molecular weight excluding hydrogens is 358 g/mol. The van der Waals surface area contributed by atoms with Crippen molar-refractivity contribution in [1.82, 2.24) is 0 Å². The highest BCUT2D eigenvalue weighted by molar-refractivity contribution is 7.93. The van der Waals surface area contributed by atoms with Crippen LogP contribution in [-0.2, 0) is 10.0 Å². The van der Waals surface area contributed by atoms with Crippen LogP contribution in [0.5, 0.6) is 0 Å². The van der Waals surface area contributed by atoms with E-state index < -0.39 is 15.9 Å². The van der Waals surface area contributed by atoms with Crippen LogP contribution in [0.3, 0.4) is 0 Å². The van der Waals surface area contributed by atoms with E-state index in [2.05, 4.69) is 0 Å². The van der Waals surface area contributed by atoms with Gasteiger partial charge in [0.1, 0.15) is 0 Å². The standard InChI is InChI=1S/C22H21NO3S/c1-16-8-12-19(13-9-16)23(22(24)21-7-5-4-6-18(21)3)27(25,26)20-14-10-17(2)11-15-20/h4-15H,1-3H3. The van der Waals surface area contributed by atoms with Gasteiger partial charge in [0.2, 0.25) is 0 Å². The molecule has 0 saturated carbocycles. The first-order valence-electron chi connectivity index (χ1n) is 8.59. The van der Waals surface area contributed by atoms with Crippen LogP contribution >= 0.6 is 0 Å². The second-order valence-corrected chi connectivity index (χ2v) is 8.32. The fourth-order valence-corrected chi connectivity index (χ4v) is 4.19. The van der Waals surface area contributed by atoms with Crippen molar-refractivity contribution in [3.63, 3.8) is 0 Å². The topological polar surface area (TPSA) is 54.5 Å². The Labute approximate surface area is 160 Å². The molecule has 4 nitrogen and oxygen atoms in total. The van der Waals surface area contributed by atoms with E-state index in [-0.39, 0.29) is 4.90 Å². The van der Waals surface area contributed by atoms with E-state index >= 15 is 0 Å². The van der Waals surface area contributed by atoms with Crippen LogP contribution in [0.1, 0.15) is 27.0 Å². The molecule has 5 heteroatoms. The van der Waals surface area contributed by atoms with Crippen molar-refractivity contribution in [2.45, 2.75) is 25.7 Å². The van der Waals surface area contributed by atoms with Gasteiger partial charge in [0.15, 0.2) is 0 Å². The Bertz CT molecular complexity index is 1070. The minimum atomic E-state index is -4.06. The molecule has 27 heavy (non-hydrogen) atoms. The van der Waals surface area contributed by atoms with Gasteiger partial charge in [0, 0.05) is 5.56 Å². The predicted octanol–water partition coefficient (Wildman–Crippen LogP) is 4.65. The number of amides is 1. The van der Waals surface area contributed by atoms with Crippen molar-refractivity contribution in [3.8, 4) is 0 Å². The molecule has 0 N–H and O–H groups in total. The zero-order valence-electron chi connectivity index (χ0n) is 15.5. The monoisotopic (exact) mass is 379 g/mol. The average molecular weight is 379 g/mol. The SMILES string of the molecule is Cc1ccc(N(C(=O)c2ccccc2C)S(=O)(=O)c2ccc(C)cc2)cc1. The molecule has 0 aliphatic rings. The largest absolute Gasteiger partial charge is 0.272 e. The quantitative estimate of drug-likeness (QED) is 0.663. The Morgan fingerprint density at radius 2 is 1.26 bits per heavy atom. The highest BCUT2D eigenvalue weighted by Crippen LogP contribution is 2.27. The second-order valence-electron chi connectivity index (χ2n) is 6.54. The van der Waals surface area contributed by atoms with Crippen molar-refractivity contribution in [2.75, 3.05) is 4.31 Å². The van der Waals surface area contributed by atoms with Gasteiger partial charge in [-0.05, 0) is 56.7 Å². The zero-order valence-corrected chi connectivity index (χ0v) is 16.3. The minimum Gasteiger partial charge on any atom is -0.268 e. The molecule has 0 heterocycles. The molecule has 0 aromatic heterocycles. The van der Waals surface area contributed by atoms with E-state index in [0.29, 0.717) is 11.3 Å². The summed E-state index contributed by atoms with van der Waals surface area (Å²) in [5, 5.41) is 0. The van der Waals surface area contributed by atoms with E-state index in [9.17, 15) is 13.2 Å². The van der Waals surface area contributed by atoms with E-state index in [1.807, 2.05) is 19.9 Å². The van der Waals surface area contributed by atoms with Crippen LogP contribution in [0.25, 0.3) is 0 Å². The van der Waals surface area contributed by atoms with E-state index in [1.54, 1.807) is 61.5 Å². The third-order valence-electron chi connectivity index (χ3n) is 4.39. The summed E-state index contributed by atoms with van der Waals surface area (Å²) in [6, 6.07) is 20.3. The number of hydrogen-bond donors (Lipinski definition) is 0. The Hall–Kier alpha value is -2.92. The van der Waals surface area contributed by atoms with E-state index in [4.69, 9.17) is 0 Å². The summed E-state index contributed by atoms with van der Waals surface area (Å²) in [6.45, 7) is 5.58. The summed E-state index contributed by atoms with van der Waals surface area (Å²) in [7, 11) is -4.06. The minimum absolute atomic E-state index is 0.0793. The molecule has 0 saturated heterocycles. The van der Waals surface area contributed by atoms with Crippen molar-refractivity contribution in [2.24, 2.45) is 0 Å². The first-order chi connectivity index (χ1) is 12.8. The smallest absolute Gasteiger partial charge is 0.268 e. The predicted molar refractivity (Wildman–Crippen MR) is 108 cm³/mol. The molecule has 0 fully saturated rings.